The summed E-state index contributed by atoms with van der Waals surface area (Å²) in [6, 6.07) is 6.12. The number of hydrogen-bond donors (Lipinski definition) is 1. The second kappa shape index (κ2) is 4.85. The highest BCUT2D eigenvalue weighted by atomic mass is 15.3. The van der Waals surface area contributed by atoms with Crippen molar-refractivity contribution in [3.05, 3.63) is 42.2 Å². The molecule has 0 saturated heterocycles. The van der Waals surface area contributed by atoms with E-state index in [2.05, 4.69) is 27.4 Å². The molecule has 5 heteroatoms. The van der Waals surface area contributed by atoms with Gasteiger partial charge in [-0.15, -0.1) is 10.2 Å². The highest BCUT2D eigenvalue weighted by Crippen LogP contribution is 2.08. The Hall–Kier alpha value is -1.75. The highest BCUT2D eigenvalue weighted by Gasteiger charge is 2.07. The first kappa shape index (κ1) is 10.8. The Balaban J connectivity index is 1.94. The average molecular weight is 217 g/mol. The van der Waals surface area contributed by atoms with Gasteiger partial charge in [-0.1, -0.05) is 6.07 Å². The van der Waals surface area contributed by atoms with Crippen molar-refractivity contribution in [2.45, 2.75) is 19.5 Å². The summed E-state index contributed by atoms with van der Waals surface area (Å²) in [6.07, 6.45) is 3.50. The molecule has 0 fully saturated rings. The molecule has 1 N–H and O–H groups in total. The number of rotatable bonds is 4. The number of aryl methyl sites for hydroxylation is 1. The van der Waals surface area contributed by atoms with E-state index in [1.807, 2.05) is 29.8 Å². The second-order valence-corrected chi connectivity index (χ2v) is 3.72. The molecule has 0 amide bonds. The zero-order valence-electron chi connectivity index (χ0n) is 9.46. The summed E-state index contributed by atoms with van der Waals surface area (Å²) < 4.78 is 1.90. The van der Waals surface area contributed by atoms with Crippen LogP contribution in [0.2, 0.25) is 0 Å². The number of aromatic nitrogens is 4. The first-order chi connectivity index (χ1) is 7.77. The maximum Gasteiger partial charge on any atom is 0.146 e. The first-order valence-corrected chi connectivity index (χ1v) is 5.24. The molecule has 2 heterocycles. The third-order valence-corrected chi connectivity index (χ3v) is 2.50. The van der Waals surface area contributed by atoms with E-state index in [9.17, 15) is 0 Å². The lowest BCUT2D eigenvalue weighted by Crippen LogP contribution is -2.20. The van der Waals surface area contributed by atoms with E-state index in [-0.39, 0.29) is 6.04 Å². The minimum Gasteiger partial charge on any atom is -0.320 e. The molecule has 2 rings (SSSR count). The fraction of sp³-hybridized carbons (Fsp3) is 0.364. The van der Waals surface area contributed by atoms with Crippen molar-refractivity contribution < 1.29 is 0 Å². The summed E-state index contributed by atoms with van der Waals surface area (Å²) >= 11 is 0. The van der Waals surface area contributed by atoms with Gasteiger partial charge in [-0.3, -0.25) is 4.98 Å². The molecule has 5 nitrogen and oxygen atoms in total. The lowest BCUT2D eigenvalue weighted by molar-refractivity contribution is 0.537. The molecule has 2 aromatic rings. The molecule has 2 aromatic heterocycles. The van der Waals surface area contributed by atoms with E-state index in [0.29, 0.717) is 6.54 Å². The number of nitrogens with one attached hydrogen (secondary N) is 1. The van der Waals surface area contributed by atoms with Gasteiger partial charge in [-0.2, -0.15) is 0 Å². The van der Waals surface area contributed by atoms with Crippen LogP contribution in [-0.4, -0.2) is 19.7 Å². The zero-order chi connectivity index (χ0) is 11.4. The van der Waals surface area contributed by atoms with Crippen molar-refractivity contribution in [1.29, 1.82) is 0 Å². The van der Waals surface area contributed by atoms with Gasteiger partial charge in [0.25, 0.3) is 0 Å². The summed E-state index contributed by atoms with van der Waals surface area (Å²) in [6.45, 7) is 2.77. The summed E-state index contributed by atoms with van der Waals surface area (Å²) in [5.41, 5.74) is 1.03. The summed E-state index contributed by atoms with van der Waals surface area (Å²) in [4.78, 5) is 4.30. The number of hydrogen-bond acceptors (Lipinski definition) is 4. The van der Waals surface area contributed by atoms with Crippen LogP contribution < -0.4 is 5.32 Å². The van der Waals surface area contributed by atoms with Gasteiger partial charge < -0.3 is 9.88 Å². The summed E-state index contributed by atoms with van der Waals surface area (Å²) in [5, 5.41) is 11.2. The number of nitrogens with zero attached hydrogens (tertiary/aromatic N) is 4. The fourth-order valence-electron chi connectivity index (χ4n) is 1.45. The lowest BCUT2D eigenvalue weighted by Gasteiger charge is -2.12. The minimum atomic E-state index is 0.206. The second-order valence-electron chi connectivity index (χ2n) is 3.72. The molecule has 84 valence electrons. The zero-order valence-corrected chi connectivity index (χ0v) is 9.46. The molecule has 0 saturated carbocycles. The van der Waals surface area contributed by atoms with Gasteiger partial charge in [0.2, 0.25) is 0 Å². The maximum absolute atomic E-state index is 4.30. The van der Waals surface area contributed by atoms with Crippen LogP contribution in [-0.2, 0) is 13.6 Å². The Morgan fingerprint density at radius 2 is 2.31 bits per heavy atom. The van der Waals surface area contributed by atoms with Crippen molar-refractivity contribution in [3.8, 4) is 0 Å². The molecule has 0 unspecified atom stereocenters. The predicted molar refractivity (Wildman–Crippen MR) is 60.5 cm³/mol. The van der Waals surface area contributed by atoms with Gasteiger partial charge in [0.05, 0.1) is 12.2 Å². The van der Waals surface area contributed by atoms with Crippen molar-refractivity contribution in [2.75, 3.05) is 0 Å². The molecular weight excluding hydrogens is 202 g/mol. The molecule has 0 aliphatic heterocycles. The van der Waals surface area contributed by atoms with Crippen molar-refractivity contribution in [3.63, 3.8) is 0 Å². The monoisotopic (exact) mass is 217 g/mol. The normalized spacial score (nSPS) is 12.6. The Bertz CT molecular complexity index is 437. The van der Waals surface area contributed by atoms with Crippen molar-refractivity contribution in [1.82, 2.24) is 25.1 Å². The topological polar surface area (TPSA) is 55.6 Å². The van der Waals surface area contributed by atoms with E-state index < -0.39 is 0 Å². The van der Waals surface area contributed by atoms with Gasteiger partial charge in [-0.05, 0) is 19.1 Å². The Labute approximate surface area is 94.5 Å². The SMILES string of the molecule is C[C@H](NCc1nncn1C)c1ccccn1. The van der Waals surface area contributed by atoms with Gasteiger partial charge >= 0.3 is 0 Å². The lowest BCUT2D eigenvalue weighted by atomic mass is 10.2. The maximum atomic E-state index is 4.30. The molecule has 0 bridgehead atoms. The highest BCUT2D eigenvalue weighted by molar-refractivity contribution is 5.07. The Morgan fingerprint density at radius 3 is 2.94 bits per heavy atom. The van der Waals surface area contributed by atoms with Gasteiger partial charge in [-0.25, -0.2) is 0 Å². The van der Waals surface area contributed by atoms with Crippen LogP contribution >= 0.6 is 0 Å². The third kappa shape index (κ3) is 2.43. The van der Waals surface area contributed by atoms with Crippen LogP contribution in [0.25, 0.3) is 0 Å². The van der Waals surface area contributed by atoms with Crippen molar-refractivity contribution >= 4 is 0 Å². The number of pyridine rings is 1. The summed E-state index contributed by atoms with van der Waals surface area (Å²) in [7, 11) is 1.93. The predicted octanol–water partition coefficient (Wildman–Crippen LogP) is 1.06. The fourth-order valence-corrected chi connectivity index (χ4v) is 1.45. The van der Waals surface area contributed by atoms with E-state index in [1.54, 1.807) is 12.5 Å². The van der Waals surface area contributed by atoms with E-state index in [1.165, 1.54) is 0 Å². The van der Waals surface area contributed by atoms with Crippen LogP contribution in [0.1, 0.15) is 24.5 Å². The van der Waals surface area contributed by atoms with E-state index >= 15 is 0 Å². The molecule has 0 radical (unpaired) electrons. The quantitative estimate of drug-likeness (QED) is 0.832. The van der Waals surface area contributed by atoms with Crippen LogP contribution in [0.3, 0.4) is 0 Å². The Morgan fingerprint density at radius 1 is 1.44 bits per heavy atom. The van der Waals surface area contributed by atoms with Gasteiger partial charge in [0.15, 0.2) is 0 Å². The van der Waals surface area contributed by atoms with Gasteiger partial charge in [0.1, 0.15) is 12.2 Å². The average Bonchev–Trinajstić information content (AvgIpc) is 2.73. The molecule has 0 spiro atoms. The third-order valence-electron chi connectivity index (χ3n) is 2.50. The van der Waals surface area contributed by atoms with Crippen LogP contribution in [0.5, 0.6) is 0 Å². The molecule has 0 aromatic carbocycles. The standard InChI is InChI=1S/C11H15N5/c1-9(10-5-3-4-6-12-10)13-7-11-15-14-8-16(11)2/h3-6,8-9,13H,7H2,1-2H3/t9-/m0/s1. The van der Waals surface area contributed by atoms with E-state index in [4.69, 9.17) is 0 Å². The van der Waals surface area contributed by atoms with Gasteiger partial charge in [0, 0.05) is 19.3 Å². The van der Waals surface area contributed by atoms with Crippen LogP contribution in [0.15, 0.2) is 30.7 Å². The smallest absolute Gasteiger partial charge is 0.146 e. The molecule has 0 aliphatic carbocycles. The molecule has 0 aliphatic rings. The molecular formula is C11H15N5. The Kier molecular flexibility index (Phi) is 3.26. The van der Waals surface area contributed by atoms with Crippen LogP contribution in [0.4, 0.5) is 0 Å². The van der Waals surface area contributed by atoms with Crippen molar-refractivity contribution in [2.24, 2.45) is 7.05 Å². The minimum absolute atomic E-state index is 0.206. The molecule has 16 heavy (non-hydrogen) atoms. The van der Waals surface area contributed by atoms with Crippen LogP contribution in [0, 0.1) is 0 Å². The summed E-state index contributed by atoms with van der Waals surface area (Å²) in [5.74, 6) is 0.919. The van der Waals surface area contributed by atoms with E-state index in [0.717, 1.165) is 11.5 Å². The molecule has 1 atom stereocenters. The largest absolute Gasteiger partial charge is 0.320 e. The first-order valence-electron chi connectivity index (χ1n) is 5.24.